The van der Waals surface area contributed by atoms with Crippen LogP contribution in [0.1, 0.15) is 41.9 Å². The summed E-state index contributed by atoms with van der Waals surface area (Å²) in [5.41, 5.74) is 3.35. The first kappa shape index (κ1) is 18.6. The van der Waals surface area contributed by atoms with Crippen LogP contribution in [0.2, 0.25) is 0 Å². The van der Waals surface area contributed by atoms with Crippen LogP contribution in [0.15, 0.2) is 42.6 Å². The monoisotopic (exact) mass is 341 g/mol. The Morgan fingerprint density at radius 2 is 1.80 bits per heavy atom. The average Bonchev–Trinajstić information content (AvgIpc) is 2.62. The molecular weight excluding hydrogens is 316 g/mol. The van der Waals surface area contributed by atoms with Gasteiger partial charge in [-0.2, -0.15) is 4.57 Å². The number of hydrogen-bond donors (Lipinski definition) is 1. The second-order valence-corrected chi connectivity index (χ2v) is 5.92. The number of rotatable bonds is 7. The standard InChI is InChI=1S/C20H24N2O3/c1-4-12-25-20(24)17-8-10-18(11-9-17)21-19(23)14-22-13-16(5-2)7-6-15(22)3/h6-11,13H,4-5,12,14H2,1-3H3/p+1. The molecule has 5 heteroatoms. The summed E-state index contributed by atoms with van der Waals surface area (Å²) in [6, 6.07) is 10.8. The number of anilines is 1. The van der Waals surface area contributed by atoms with Crippen LogP contribution in [-0.4, -0.2) is 18.5 Å². The number of aromatic nitrogens is 1. The van der Waals surface area contributed by atoms with Crippen molar-refractivity contribution >= 4 is 17.6 Å². The van der Waals surface area contributed by atoms with Gasteiger partial charge in [0.2, 0.25) is 6.54 Å². The summed E-state index contributed by atoms with van der Waals surface area (Å²) in [7, 11) is 0. The highest BCUT2D eigenvalue weighted by Crippen LogP contribution is 2.11. The van der Waals surface area contributed by atoms with Crippen molar-refractivity contribution in [3.63, 3.8) is 0 Å². The first-order valence-electron chi connectivity index (χ1n) is 8.59. The summed E-state index contributed by atoms with van der Waals surface area (Å²) in [5.74, 6) is -0.454. The number of nitrogens with zero attached hydrogens (tertiary/aromatic N) is 1. The van der Waals surface area contributed by atoms with Crippen molar-refractivity contribution in [3.05, 3.63) is 59.4 Å². The van der Waals surface area contributed by atoms with Crippen molar-refractivity contribution in [2.24, 2.45) is 0 Å². The SMILES string of the molecule is CCCOC(=O)c1ccc(NC(=O)C[n+]2cc(CC)ccc2C)cc1. The molecule has 25 heavy (non-hydrogen) atoms. The second-order valence-electron chi connectivity index (χ2n) is 5.92. The summed E-state index contributed by atoms with van der Waals surface area (Å²) < 4.78 is 7.02. The van der Waals surface area contributed by atoms with Crippen molar-refractivity contribution in [2.75, 3.05) is 11.9 Å². The molecule has 5 nitrogen and oxygen atoms in total. The van der Waals surface area contributed by atoms with Gasteiger partial charge in [0.1, 0.15) is 0 Å². The Kier molecular flexibility index (Phi) is 6.69. The summed E-state index contributed by atoms with van der Waals surface area (Å²) in [5, 5.41) is 2.85. The molecule has 1 aromatic heterocycles. The molecule has 2 aromatic rings. The number of aryl methyl sites for hydroxylation is 2. The molecule has 0 radical (unpaired) electrons. The predicted octanol–water partition coefficient (Wildman–Crippen LogP) is 3.05. The van der Waals surface area contributed by atoms with Crippen LogP contribution in [0.25, 0.3) is 0 Å². The molecular formula is C20H25N2O3+. The normalized spacial score (nSPS) is 10.4. The average molecular weight is 341 g/mol. The zero-order chi connectivity index (χ0) is 18.2. The fourth-order valence-electron chi connectivity index (χ4n) is 2.37. The van der Waals surface area contributed by atoms with Crippen LogP contribution < -0.4 is 9.88 Å². The van der Waals surface area contributed by atoms with E-state index >= 15 is 0 Å². The maximum Gasteiger partial charge on any atom is 0.338 e. The van der Waals surface area contributed by atoms with Crippen molar-refractivity contribution in [1.82, 2.24) is 0 Å². The molecule has 0 saturated heterocycles. The van der Waals surface area contributed by atoms with Crippen molar-refractivity contribution in [2.45, 2.75) is 40.2 Å². The molecule has 0 atom stereocenters. The quantitative estimate of drug-likeness (QED) is 0.622. The number of carbonyl (C=O) groups excluding carboxylic acids is 2. The summed E-state index contributed by atoms with van der Waals surface area (Å²) in [6.45, 7) is 6.66. The van der Waals surface area contributed by atoms with Crippen LogP contribution in [-0.2, 0) is 22.5 Å². The molecule has 132 valence electrons. The molecule has 1 amide bonds. The highest BCUT2D eigenvalue weighted by atomic mass is 16.5. The molecule has 1 aromatic carbocycles. The minimum absolute atomic E-state index is 0.109. The maximum atomic E-state index is 12.3. The highest BCUT2D eigenvalue weighted by molar-refractivity contribution is 5.92. The number of ether oxygens (including phenoxy) is 1. The van der Waals surface area contributed by atoms with E-state index in [4.69, 9.17) is 4.74 Å². The number of amides is 1. The second kappa shape index (κ2) is 8.97. The van der Waals surface area contributed by atoms with Gasteiger partial charge < -0.3 is 10.1 Å². The fraction of sp³-hybridized carbons (Fsp3) is 0.350. The van der Waals surface area contributed by atoms with E-state index < -0.39 is 0 Å². The molecule has 1 N–H and O–H groups in total. The summed E-state index contributed by atoms with van der Waals surface area (Å²) in [6.07, 6.45) is 3.72. The molecule has 0 saturated carbocycles. The van der Waals surface area contributed by atoms with Crippen molar-refractivity contribution in [3.8, 4) is 0 Å². The Hall–Kier alpha value is -2.69. The number of hydrogen-bond acceptors (Lipinski definition) is 3. The number of nitrogens with one attached hydrogen (secondary N) is 1. The summed E-state index contributed by atoms with van der Waals surface area (Å²) >= 11 is 0. The lowest BCUT2D eigenvalue weighted by atomic mass is 10.2. The number of pyridine rings is 1. The molecule has 0 spiro atoms. The van der Waals surface area contributed by atoms with Gasteiger partial charge in [-0.3, -0.25) is 4.79 Å². The van der Waals surface area contributed by atoms with Crippen LogP contribution in [0.3, 0.4) is 0 Å². The molecule has 0 fully saturated rings. The lowest BCUT2D eigenvalue weighted by Crippen LogP contribution is -2.43. The topological polar surface area (TPSA) is 59.3 Å². The first-order valence-corrected chi connectivity index (χ1v) is 8.59. The van der Waals surface area contributed by atoms with Crippen LogP contribution >= 0.6 is 0 Å². The van der Waals surface area contributed by atoms with Gasteiger partial charge in [-0.1, -0.05) is 13.8 Å². The van der Waals surface area contributed by atoms with E-state index in [1.54, 1.807) is 24.3 Å². The van der Waals surface area contributed by atoms with Crippen LogP contribution in [0, 0.1) is 6.92 Å². The minimum atomic E-state index is -0.345. The highest BCUT2D eigenvalue weighted by Gasteiger charge is 2.14. The number of carbonyl (C=O) groups is 2. The molecule has 0 unspecified atom stereocenters. The Balaban J connectivity index is 1.98. The smallest absolute Gasteiger partial charge is 0.338 e. The predicted molar refractivity (Wildman–Crippen MR) is 96.4 cm³/mol. The van der Waals surface area contributed by atoms with Gasteiger partial charge in [-0.05, 0) is 43.2 Å². The summed E-state index contributed by atoms with van der Waals surface area (Å²) in [4.78, 5) is 24.0. The molecule has 0 aliphatic carbocycles. The van der Waals surface area contributed by atoms with E-state index in [0.29, 0.717) is 17.9 Å². The van der Waals surface area contributed by atoms with E-state index in [-0.39, 0.29) is 18.4 Å². The van der Waals surface area contributed by atoms with Gasteiger partial charge in [0, 0.05) is 24.2 Å². The molecule has 0 aliphatic rings. The lowest BCUT2D eigenvalue weighted by molar-refractivity contribution is -0.690. The van der Waals surface area contributed by atoms with E-state index in [1.807, 2.05) is 30.7 Å². The van der Waals surface area contributed by atoms with Gasteiger partial charge in [0.15, 0.2) is 11.9 Å². The molecule has 0 bridgehead atoms. The third-order valence-corrected chi connectivity index (χ3v) is 3.88. The largest absolute Gasteiger partial charge is 0.462 e. The van der Waals surface area contributed by atoms with Crippen LogP contribution in [0.4, 0.5) is 5.69 Å². The third kappa shape index (κ3) is 5.41. The zero-order valence-corrected chi connectivity index (χ0v) is 15.0. The third-order valence-electron chi connectivity index (χ3n) is 3.88. The van der Waals surface area contributed by atoms with E-state index in [9.17, 15) is 9.59 Å². The van der Waals surface area contributed by atoms with E-state index in [0.717, 1.165) is 18.5 Å². The molecule has 1 heterocycles. The Bertz CT molecular complexity index is 739. The Labute approximate surface area is 148 Å². The first-order chi connectivity index (χ1) is 12.0. The van der Waals surface area contributed by atoms with Crippen molar-refractivity contribution in [1.29, 1.82) is 0 Å². The van der Waals surface area contributed by atoms with Gasteiger partial charge in [0.25, 0.3) is 5.91 Å². The van der Waals surface area contributed by atoms with Crippen molar-refractivity contribution < 1.29 is 18.9 Å². The van der Waals surface area contributed by atoms with Gasteiger partial charge in [-0.25, -0.2) is 4.79 Å². The zero-order valence-electron chi connectivity index (χ0n) is 15.0. The lowest BCUT2D eigenvalue weighted by Gasteiger charge is -2.07. The fourth-order valence-corrected chi connectivity index (χ4v) is 2.37. The number of esters is 1. The van der Waals surface area contributed by atoms with Gasteiger partial charge >= 0.3 is 5.97 Å². The Morgan fingerprint density at radius 3 is 2.44 bits per heavy atom. The van der Waals surface area contributed by atoms with E-state index in [2.05, 4.69) is 18.3 Å². The Morgan fingerprint density at radius 1 is 1.08 bits per heavy atom. The number of benzene rings is 1. The van der Waals surface area contributed by atoms with Gasteiger partial charge in [0.05, 0.1) is 12.2 Å². The molecule has 0 aliphatic heterocycles. The van der Waals surface area contributed by atoms with Crippen LogP contribution in [0.5, 0.6) is 0 Å². The maximum absolute atomic E-state index is 12.3. The van der Waals surface area contributed by atoms with Gasteiger partial charge in [-0.15, -0.1) is 0 Å². The van der Waals surface area contributed by atoms with E-state index in [1.165, 1.54) is 5.56 Å². The minimum Gasteiger partial charge on any atom is -0.462 e. The molecule has 2 rings (SSSR count).